The van der Waals surface area contributed by atoms with Crippen LogP contribution in [0, 0.1) is 0 Å². The van der Waals surface area contributed by atoms with Crippen LogP contribution >= 0.6 is 11.6 Å². The van der Waals surface area contributed by atoms with Crippen LogP contribution in [0.5, 0.6) is 11.5 Å². The van der Waals surface area contributed by atoms with E-state index in [1.54, 1.807) is 48.5 Å². The topological polar surface area (TPSA) is 100 Å². The Morgan fingerprint density at radius 2 is 2.07 bits per heavy atom. The predicted molar refractivity (Wildman–Crippen MR) is 99.7 cm³/mol. The molecule has 8 heteroatoms. The monoisotopic (exact) mass is 386 g/mol. The highest BCUT2D eigenvalue weighted by Gasteiger charge is 2.24. The van der Waals surface area contributed by atoms with Crippen molar-refractivity contribution in [3.63, 3.8) is 0 Å². The van der Waals surface area contributed by atoms with Crippen LogP contribution in [0.3, 0.4) is 0 Å². The molecule has 27 heavy (non-hydrogen) atoms. The summed E-state index contributed by atoms with van der Waals surface area (Å²) in [5, 5.41) is 0.514. The number of rotatable bonds is 6. The second-order valence-corrected chi connectivity index (χ2v) is 5.95. The Morgan fingerprint density at radius 3 is 2.78 bits per heavy atom. The molecule has 0 saturated carbocycles. The molecule has 0 fully saturated rings. The highest BCUT2D eigenvalue weighted by atomic mass is 35.5. The normalized spacial score (nSPS) is 14.7. The Labute approximate surface area is 160 Å². The van der Waals surface area contributed by atoms with Crippen molar-refractivity contribution in [2.24, 2.45) is 10.7 Å². The molecule has 3 rings (SSSR count). The first-order valence-corrected chi connectivity index (χ1v) is 8.21. The molecule has 2 aromatic rings. The van der Waals surface area contributed by atoms with Gasteiger partial charge in [0.2, 0.25) is 5.90 Å². The maximum Gasteiger partial charge on any atom is 0.363 e. The number of methoxy groups -OCH3 is 1. The van der Waals surface area contributed by atoms with Gasteiger partial charge in [-0.3, -0.25) is 4.79 Å². The fourth-order valence-electron chi connectivity index (χ4n) is 2.35. The van der Waals surface area contributed by atoms with Crippen LogP contribution in [-0.4, -0.2) is 31.5 Å². The van der Waals surface area contributed by atoms with Crippen molar-refractivity contribution in [3.8, 4) is 11.5 Å². The summed E-state index contributed by atoms with van der Waals surface area (Å²) < 4.78 is 15.7. The van der Waals surface area contributed by atoms with Crippen LogP contribution in [0.2, 0.25) is 5.02 Å². The lowest BCUT2D eigenvalue weighted by Crippen LogP contribution is -2.20. The number of hydrogen-bond acceptors (Lipinski definition) is 6. The molecule has 2 N–H and O–H groups in total. The summed E-state index contributed by atoms with van der Waals surface area (Å²) in [6.45, 7) is -0.267. The number of carbonyl (C=O) groups excluding carboxylic acids is 2. The fraction of sp³-hybridized carbons (Fsp3) is 0.105. The van der Waals surface area contributed by atoms with Crippen LogP contribution in [-0.2, 0) is 14.3 Å². The van der Waals surface area contributed by atoms with Crippen LogP contribution in [0.4, 0.5) is 0 Å². The van der Waals surface area contributed by atoms with Gasteiger partial charge < -0.3 is 19.9 Å². The zero-order valence-corrected chi connectivity index (χ0v) is 15.0. The number of ether oxygens (including phenoxy) is 3. The lowest BCUT2D eigenvalue weighted by Gasteiger charge is -2.09. The number of carbonyl (C=O) groups is 2. The first-order valence-electron chi connectivity index (χ1n) is 7.84. The van der Waals surface area contributed by atoms with Gasteiger partial charge in [-0.2, -0.15) is 0 Å². The van der Waals surface area contributed by atoms with E-state index in [-0.39, 0.29) is 18.2 Å². The van der Waals surface area contributed by atoms with E-state index in [9.17, 15) is 9.59 Å². The van der Waals surface area contributed by atoms with Gasteiger partial charge in [-0.05, 0) is 42.0 Å². The zero-order valence-electron chi connectivity index (χ0n) is 14.3. The third kappa shape index (κ3) is 4.45. The van der Waals surface area contributed by atoms with Gasteiger partial charge in [0.1, 0.15) is 0 Å². The Bertz CT molecular complexity index is 968. The molecular formula is C19H15ClN2O5. The van der Waals surface area contributed by atoms with Gasteiger partial charge in [0, 0.05) is 10.6 Å². The smallest absolute Gasteiger partial charge is 0.363 e. The minimum atomic E-state index is -0.597. The second-order valence-electron chi connectivity index (χ2n) is 5.51. The number of nitrogens with zero attached hydrogens (tertiary/aromatic N) is 1. The molecule has 0 saturated heterocycles. The maximum absolute atomic E-state index is 12.1. The van der Waals surface area contributed by atoms with Crippen LogP contribution in [0.1, 0.15) is 11.1 Å². The van der Waals surface area contributed by atoms with Crippen molar-refractivity contribution in [1.29, 1.82) is 0 Å². The van der Waals surface area contributed by atoms with E-state index in [0.717, 1.165) is 0 Å². The fourth-order valence-corrected chi connectivity index (χ4v) is 2.54. The average Bonchev–Trinajstić information content (AvgIpc) is 3.01. The molecule has 7 nitrogen and oxygen atoms in total. The van der Waals surface area contributed by atoms with Crippen molar-refractivity contribution < 1.29 is 23.8 Å². The van der Waals surface area contributed by atoms with E-state index >= 15 is 0 Å². The maximum atomic E-state index is 12.1. The van der Waals surface area contributed by atoms with Crippen LogP contribution in [0.25, 0.3) is 6.08 Å². The average molecular weight is 387 g/mol. The number of benzene rings is 2. The number of aliphatic imine (C=N–C) groups is 1. The van der Waals surface area contributed by atoms with E-state index in [4.69, 9.17) is 31.5 Å². The van der Waals surface area contributed by atoms with Crippen molar-refractivity contribution >= 4 is 35.5 Å². The molecule has 2 aromatic carbocycles. The third-order valence-corrected chi connectivity index (χ3v) is 3.79. The molecule has 0 bridgehead atoms. The minimum absolute atomic E-state index is 0.137. The molecular weight excluding hydrogens is 372 g/mol. The minimum Gasteiger partial charge on any atom is -0.493 e. The number of primary amides is 1. The number of nitrogens with two attached hydrogens (primary N) is 1. The molecule has 1 amide bonds. The molecule has 0 atom stereocenters. The van der Waals surface area contributed by atoms with Gasteiger partial charge in [0.25, 0.3) is 5.91 Å². The molecule has 0 aliphatic carbocycles. The lowest BCUT2D eigenvalue weighted by atomic mass is 10.1. The van der Waals surface area contributed by atoms with E-state index in [1.807, 2.05) is 0 Å². The van der Waals surface area contributed by atoms with Gasteiger partial charge in [-0.1, -0.05) is 23.7 Å². The second kappa shape index (κ2) is 7.92. The summed E-state index contributed by atoms with van der Waals surface area (Å²) in [7, 11) is 1.46. The number of esters is 1. The molecule has 0 unspecified atom stereocenters. The van der Waals surface area contributed by atoms with Crippen molar-refractivity contribution in [2.75, 3.05) is 13.7 Å². The SMILES string of the molecule is COc1cc(/C=C2\N=C(c3cccc(Cl)c3)OC2=O)ccc1OCC(N)=O. The molecule has 0 spiro atoms. The Hall–Kier alpha value is -3.32. The van der Waals surface area contributed by atoms with Gasteiger partial charge in [-0.15, -0.1) is 0 Å². The molecule has 1 aliphatic rings. The summed E-state index contributed by atoms with van der Waals surface area (Å²) in [5.41, 5.74) is 6.45. The predicted octanol–water partition coefficient (Wildman–Crippen LogP) is 2.56. The largest absolute Gasteiger partial charge is 0.493 e. The summed E-state index contributed by atoms with van der Waals surface area (Å²) in [6.07, 6.45) is 1.56. The summed E-state index contributed by atoms with van der Waals surface area (Å²) >= 11 is 5.95. The highest BCUT2D eigenvalue weighted by molar-refractivity contribution is 6.31. The molecule has 1 aliphatic heterocycles. The molecule has 0 radical (unpaired) electrons. The molecule has 1 heterocycles. The third-order valence-electron chi connectivity index (χ3n) is 3.55. The molecule has 0 aromatic heterocycles. The number of amides is 1. The van der Waals surface area contributed by atoms with Gasteiger partial charge in [0.15, 0.2) is 23.8 Å². The molecule has 138 valence electrons. The lowest BCUT2D eigenvalue weighted by molar-refractivity contribution is -0.130. The standard InChI is InChI=1S/C19H15ClN2O5/c1-25-16-8-11(5-6-15(16)26-10-17(21)23)7-14-19(24)27-18(22-14)12-3-2-4-13(20)9-12/h2-9H,10H2,1H3,(H2,21,23)/b14-7-. The summed E-state index contributed by atoms with van der Waals surface area (Å²) in [6, 6.07) is 11.8. The first-order chi connectivity index (χ1) is 13.0. The highest BCUT2D eigenvalue weighted by Crippen LogP contribution is 2.30. The van der Waals surface area contributed by atoms with Crippen LogP contribution in [0.15, 0.2) is 53.2 Å². The van der Waals surface area contributed by atoms with E-state index in [0.29, 0.717) is 27.6 Å². The van der Waals surface area contributed by atoms with Crippen molar-refractivity contribution in [2.45, 2.75) is 0 Å². The van der Waals surface area contributed by atoms with Crippen molar-refractivity contribution in [1.82, 2.24) is 0 Å². The Balaban J connectivity index is 1.87. The van der Waals surface area contributed by atoms with Gasteiger partial charge in [-0.25, -0.2) is 9.79 Å². The van der Waals surface area contributed by atoms with Crippen LogP contribution < -0.4 is 15.2 Å². The Morgan fingerprint density at radius 1 is 1.26 bits per heavy atom. The van der Waals surface area contributed by atoms with Gasteiger partial charge >= 0.3 is 5.97 Å². The van der Waals surface area contributed by atoms with E-state index in [1.165, 1.54) is 7.11 Å². The Kier molecular flexibility index (Phi) is 5.42. The number of cyclic esters (lactones) is 1. The van der Waals surface area contributed by atoms with Gasteiger partial charge in [0.05, 0.1) is 7.11 Å². The van der Waals surface area contributed by atoms with E-state index < -0.39 is 11.9 Å². The van der Waals surface area contributed by atoms with E-state index in [2.05, 4.69) is 4.99 Å². The summed E-state index contributed by atoms with van der Waals surface area (Å²) in [4.78, 5) is 27.2. The number of halogens is 1. The van der Waals surface area contributed by atoms with Crippen molar-refractivity contribution in [3.05, 3.63) is 64.3 Å². The first kappa shape index (κ1) is 18.5. The zero-order chi connectivity index (χ0) is 19.4. The number of hydrogen-bond donors (Lipinski definition) is 1. The summed E-state index contributed by atoms with van der Waals surface area (Å²) in [5.74, 6) is -0.244. The quantitative estimate of drug-likeness (QED) is 0.607.